The van der Waals surface area contributed by atoms with Gasteiger partial charge in [0, 0.05) is 43.8 Å². The van der Waals surface area contributed by atoms with Gasteiger partial charge in [-0.1, -0.05) is 31.2 Å². The topological polar surface area (TPSA) is 41.4 Å². The summed E-state index contributed by atoms with van der Waals surface area (Å²) < 4.78 is 2.42. The third kappa shape index (κ3) is 3.58. The maximum Gasteiger partial charge on any atom is 0.272 e. The van der Waals surface area contributed by atoms with Gasteiger partial charge in [0.25, 0.3) is 5.91 Å². The van der Waals surface area contributed by atoms with E-state index in [0.29, 0.717) is 5.69 Å². The lowest BCUT2D eigenvalue weighted by Gasteiger charge is -2.31. The average molecular weight is 431 g/mol. The molecule has 0 unspecified atom stereocenters. The Bertz CT molecular complexity index is 1160. The van der Waals surface area contributed by atoms with Crippen LogP contribution in [0.5, 0.6) is 0 Å². The first-order valence-electron chi connectivity index (χ1n) is 12.2. The molecule has 0 bridgehead atoms. The van der Waals surface area contributed by atoms with Gasteiger partial charge in [-0.3, -0.25) is 4.79 Å². The number of benzene rings is 1. The van der Waals surface area contributed by atoms with Crippen molar-refractivity contribution in [3.05, 3.63) is 58.4 Å². The van der Waals surface area contributed by atoms with E-state index >= 15 is 0 Å². The third-order valence-corrected chi connectivity index (χ3v) is 7.34. The van der Waals surface area contributed by atoms with E-state index in [0.717, 1.165) is 64.2 Å². The zero-order valence-electron chi connectivity index (χ0n) is 19.7. The Kier molecular flexibility index (Phi) is 5.66. The molecule has 1 saturated heterocycles. The molecule has 2 aromatic heterocycles. The van der Waals surface area contributed by atoms with Crippen molar-refractivity contribution < 1.29 is 4.79 Å². The number of amides is 1. The molecule has 1 amide bonds. The van der Waals surface area contributed by atoms with E-state index in [1.807, 2.05) is 4.90 Å². The van der Waals surface area contributed by atoms with Crippen LogP contribution in [0.3, 0.4) is 0 Å². The molecule has 5 nitrogen and oxygen atoms in total. The number of anilines is 1. The van der Waals surface area contributed by atoms with Gasteiger partial charge in [-0.25, -0.2) is 4.98 Å². The van der Waals surface area contributed by atoms with Crippen molar-refractivity contribution in [3.8, 4) is 0 Å². The van der Waals surface area contributed by atoms with Crippen LogP contribution in [0.4, 0.5) is 5.82 Å². The summed E-state index contributed by atoms with van der Waals surface area (Å²) >= 11 is 0. The minimum absolute atomic E-state index is 0.0885. The van der Waals surface area contributed by atoms with Crippen molar-refractivity contribution in [2.75, 3.05) is 24.5 Å². The number of fused-ring (bicyclic) bond motifs is 2. The Balaban J connectivity index is 1.65. The molecule has 32 heavy (non-hydrogen) atoms. The van der Waals surface area contributed by atoms with E-state index in [9.17, 15) is 4.79 Å². The Morgan fingerprint density at radius 2 is 1.78 bits per heavy atom. The Hall–Kier alpha value is -2.82. The molecule has 4 heterocycles. The van der Waals surface area contributed by atoms with E-state index in [1.54, 1.807) is 0 Å². The van der Waals surface area contributed by atoms with Gasteiger partial charge in [0.2, 0.25) is 0 Å². The SMILES string of the molecule is CCCn1c(C)c(C)c2cc(C(=O)N3CCCCC3)nc(N3CCc4ccccc4C3)c21. The van der Waals surface area contributed by atoms with Crippen molar-refractivity contribution in [2.45, 2.75) is 66.0 Å². The summed E-state index contributed by atoms with van der Waals surface area (Å²) in [4.78, 5) is 22.9. The summed E-state index contributed by atoms with van der Waals surface area (Å²) in [6, 6.07) is 10.8. The van der Waals surface area contributed by atoms with Crippen molar-refractivity contribution in [1.82, 2.24) is 14.5 Å². The fourth-order valence-electron chi connectivity index (χ4n) is 5.41. The Labute approximate surface area is 191 Å². The number of hydrogen-bond acceptors (Lipinski definition) is 3. The maximum atomic E-state index is 13.4. The number of rotatable bonds is 4. The maximum absolute atomic E-state index is 13.4. The summed E-state index contributed by atoms with van der Waals surface area (Å²) in [6.07, 6.45) is 5.48. The summed E-state index contributed by atoms with van der Waals surface area (Å²) in [5.74, 6) is 1.06. The lowest BCUT2D eigenvalue weighted by molar-refractivity contribution is 0.0718. The first-order chi connectivity index (χ1) is 15.6. The highest BCUT2D eigenvalue weighted by Gasteiger charge is 2.27. The lowest BCUT2D eigenvalue weighted by Crippen LogP contribution is -2.37. The van der Waals surface area contributed by atoms with Crippen LogP contribution >= 0.6 is 0 Å². The molecule has 5 heteroatoms. The molecule has 2 aliphatic rings. The second kappa shape index (κ2) is 8.61. The quantitative estimate of drug-likeness (QED) is 0.567. The number of aromatic nitrogens is 2. The molecule has 5 rings (SSSR count). The van der Waals surface area contributed by atoms with E-state index in [4.69, 9.17) is 4.98 Å². The highest BCUT2D eigenvalue weighted by molar-refractivity contribution is 6.01. The zero-order chi connectivity index (χ0) is 22.2. The molecular weight excluding hydrogens is 396 g/mol. The normalized spacial score (nSPS) is 16.5. The molecule has 0 spiro atoms. The highest BCUT2D eigenvalue weighted by Crippen LogP contribution is 2.35. The lowest BCUT2D eigenvalue weighted by atomic mass is 9.99. The second-order valence-electron chi connectivity index (χ2n) is 9.38. The van der Waals surface area contributed by atoms with Gasteiger partial charge in [-0.2, -0.15) is 0 Å². The number of likely N-dealkylation sites (tertiary alicyclic amines) is 1. The summed E-state index contributed by atoms with van der Waals surface area (Å²) in [5.41, 5.74) is 7.13. The monoisotopic (exact) mass is 430 g/mol. The van der Waals surface area contributed by atoms with Gasteiger partial charge in [0.05, 0.1) is 5.52 Å². The van der Waals surface area contributed by atoms with Gasteiger partial charge in [-0.15, -0.1) is 0 Å². The minimum atomic E-state index is 0.0885. The van der Waals surface area contributed by atoms with Crippen LogP contribution in [-0.4, -0.2) is 40.0 Å². The molecule has 0 radical (unpaired) electrons. The molecule has 2 aliphatic heterocycles. The predicted octanol–water partition coefficient (Wildman–Crippen LogP) is 5.25. The molecular formula is C27H34N4O. The molecule has 0 aliphatic carbocycles. The van der Waals surface area contributed by atoms with Crippen molar-refractivity contribution in [1.29, 1.82) is 0 Å². The number of piperidine rings is 1. The molecule has 3 aromatic rings. The van der Waals surface area contributed by atoms with Crippen molar-refractivity contribution in [2.24, 2.45) is 0 Å². The average Bonchev–Trinajstić information content (AvgIpc) is 3.08. The fraction of sp³-hybridized carbons (Fsp3) is 0.481. The molecule has 1 fully saturated rings. The predicted molar refractivity (Wildman–Crippen MR) is 130 cm³/mol. The fourth-order valence-corrected chi connectivity index (χ4v) is 5.41. The van der Waals surface area contributed by atoms with Crippen LogP contribution in [0.2, 0.25) is 0 Å². The number of nitrogens with zero attached hydrogens (tertiary/aromatic N) is 4. The molecule has 1 aromatic carbocycles. The van der Waals surface area contributed by atoms with E-state index in [2.05, 4.69) is 60.6 Å². The number of pyridine rings is 1. The van der Waals surface area contributed by atoms with Crippen LogP contribution in [0.1, 0.15) is 65.5 Å². The van der Waals surface area contributed by atoms with Gasteiger partial charge < -0.3 is 14.4 Å². The first kappa shape index (κ1) is 21.0. The molecule has 0 saturated carbocycles. The summed E-state index contributed by atoms with van der Waals surface area (Å²) in [5, 5.41) is 1.18. The molecule has 0 N–H and O–H groups in total. The van der Waals surface area contributed by atoms with Crippen molar-refractivity contribution >= 4 is 22.6 Å². The van der Waals surface area contributed by atoms with Crippen LogP contribution in [0, 0.1) is 13.8 Å². The summed E-state index contributed by atoms with van der Waals surface area (Å²) in [6.45, 7) is 11.0. The van der Waals surface area contributed by atoms with Crippen LogP contribution in [0.15, 0.2) is 30.3 Å². The number of carbonyl (C=O) groups is 1. The Morgan fingerprint density at radius 3 is 2.53 bits per heavy atom. The van der Waals surface area contributed by atoms with Gasteiger partial charge in [0.1, 0.15) is 5.69 Å². The number of carbonyl (C=O) groups excluding carboxylic acids is 1. The third-order valence-electron chi connectivity index (χ3n) is 7.34. The van der Waals surface area contributed by atoms with E-state index in [-0.39, 0.29) is 5.91 Å². The standard InChI is InChI=1S/C27H34N4O/c1-4-13-31-20(3)19(2)23-17-24(27(32)29-14-8-5-9-15-29)28-26(25(23)31)30-16-12-21-10-6-7-11-22(21)18-30/h6-7,10-11,17H,4-5,8-9,12-16,18H2,1-3H3. The van der Waals surface area contributed by atoms with Gasteiger partial charge in [0.15, 0.2) is 5.82 Å². The number of hydrogen-bond donors (Lipinski definition) is 0. The van der Waals surface area contributed by atoms with Gasteiger partial charge >= 0.3 is 0 Å². The van der Waals surface area contributed by atoms with Crippen LogP contribution < -0.4 is 4.90 Å². The number of aryl methyl sites for hydroxylation is 2. The second-order valence-corrected chi connectivity index (χ2v) is 9.38. The first-order valence-corrected chi connectivity index (χ1v) is 12.2. The molecule has 0 atom stereocenters. The van der Waals surface area contributed by atoms with Gasteiger partial charge in [-0.05, 0) is 68.7 Å². The molecule has 168 valence electrons. The zero-order valence-corrected chi connectivity index (χ0v) is 19.7. The smallest absolute Gasteiger partial charge is 0.272 e. The Morgan fingerprint density at radius 1 is 1.03 bits per heavy atom. The van der Waals surface area contributed by atoms with Crippen LogP contribution in [0.25, 0.3) is 10.9 Å². The highest BCUT2D eigenvalue weighted by atomic mass is 16.2. The largest absolute Gasteiger partial charge is 0.350 e. The summed E-state index contributed by atoms with van der Waals surface area (Å²) in [7, 11) is 0. The van der Waals surface area contributed by atoms with Crippen LogP contribution in [-0.2, 0) is 19.5 Å². The van der Waals surface area contributed by atoms with Crippen molar-refractivity contribution in [3.63, 3.8) is 0 Å². The van der Waals surface area contributed by atoms with E-state index in [1.165, 1.54) is 39.7 Å². The van der Waals surface area contributed by atoms with E-state index < -0.39 is 0 Å². The minimum Gasteiger partial charge on any atom is -0.350 e.